The number of carbonyl (C=O) groups is 3. The van der Waals surface area contributed by atoms with Gasteiger partial charge in [0.1, 0.15) is 23.2 Å². The molecule has 1 saturated heterocycles. The van der Waals surface area contributed by atoms with E-state index in [0.717, 1.165) is 0 Å². The van der Waals surface area contributed by atoms with E-state index in [1.165, 1.54) is 38.2 Å². The smallest absolute Gasteiger partial charge is 0.460 e. The third-order valence-electron chi connectivity index (χ3n) is 6.60. The molecule has 1 unspecified atom stereocenters. The van der Waals surface area contributed by atoms with Crippen LogP contribution in [0.1, 0.15) is 49.2 Å². The Balaban J connectivity index is 1.48. The maximum absolute atomic E-state index is 13.9. The molecule has 1 aliphatic rings. The number of para-hydroxylation sites is 2. The third-order valence-corrected chi connectivity index (χ3v) is 6.60. The first-order valence-corrected chi connectivity index (χ1v) is 12.6. The number of cyclic esters (lactones) is 1. The molecule has 12 heteroatoms. The summed E-state index contributed by atoms with van der Waals surface area (Å²) in [6.45, 7) is 2.65. The lowest BCUT2D eigenvalue weighted by Gasteiger charge is -2.26. The van der Waals surface area contributed by atoms with Gasteiger partial charge in [0, 0.05) is 0 Å². The van der Waals surface area contributed by atoms with Gasteiger partial charge in [-0.3, -0.25) is 14.6 Å². The molecular formula is C28H27F4N3O5. The fourth-order valence-corrected chi connectivity index (χ4v) is 4.54. The van der Waals surface area contributed by atoms with Crippen molar-refractivity contribution in [1.29, 1.82) is 0 Å². The predicted octanol–water partition coefficient (Wildman–Crippen LogP) is 4.71. The topological polar surface area (TPSA) is 107 Å². The number of nitrogens with one attached hydrogen (secondary N) is 1. The van der Waals surface area contributed by atoms with Crippen LogP contribution in [-0.4, -0.2) is 51.7 Å². The van der Waals surface area contributed by atoms with Gasteiger partial charge in [0.05, 0.1) is 29.2 Å². The second-order valence-corrected chi connectivity index (χ2v) is 10.3. The third kappa shape index (κ3) is 7.30. The number of halogens is 4. The summed E-state index contributed by atoms with van der Waals surface area (Å²) in [6.07, 6.45) is -4.29. The molecule has 0 spiro atoms. The van der Waals surface area contributed by atoms with Crippen LogP contribution in [0.2, 0.25) is 0 Å². The van der Waals surface area contributed by atoms with Crippen LogP contribution in [0, 0.1) is 11.7 Å². The van der Waals surface area contributed by atoms with E-state index in [2.05, 4.69) is 20.0 Å². The van der Waals surface area contributed by atoms with Crippen LogP contribution < -0.4 is 5.32 Å². The molecule has 1 N–H and O–H groups in total. The lowest BCUT2D eigenvalue weighted by Crippen LogP contribution is -2.45. The number of ether oxygens (including phenoxy) is 2. The number of carbonyl (C=O) groups excluding carboxylic acids is 3. The summed E-state index contributed by atoms with van der Waals surface area (Å²) >= 11 is 0. The first-order chi connectivity index (χ1) is 18.8. The first kappa shape index (κ1) is 28.9. The van der Waals surface area contributed by atoms with Gasteiger partial charge in [-0.2, -0.15) is 13.2 Å². The van der Waals surface area contributed by atoms with E-state index in [4.69, 9.17) is 4.74 Å². The largest absolute Gasteiger partial charge is 0.490 e. The molecule has 4 rings (SSSR count). The van der Waals surface area contributed by atoms with Gasteiger partial charge in [-0.05, 0) is 69.4 Å². The van der Waals surface area contributed by atoms with Gasteiger partial charge in [0.2, 0.25) is 0 Å². The standard InChI is InChI=1S/C28H27F4N3O5/c1-27(2,40-26(38)28(30,31)32)11-10-17-14-23(39-25(17)37)21(13-16-6-5-7-18(29)12-16)35-24(36)22-15-33-19-8-3-4-9-20(19)34-22/h3-9,12,15,17,21,23H,10-11,13-14H2,1-2H3,(H,35,36)/t17?,21-,23-/m0/s1. The molecule has 0 radical (unpaired) electrons. The van der Waals surface area contributed by atoms with Gasteiger partial charge >= 0.3 is 18.1 Å². The van der Waals surface area contributed by atoms with E-state index in [1.54, 1.807) is 30.3 Å². The Morgan fingerprint density at radius 2 is 1.85 bits per heavy atom. The Morgan fingerprint density at radius 3 is 2.55 bits per heavy atom. The van der Waals surface area contributed by atoms with Gasteiger partial charge in [-0.1, -0.05) is 24.3 Å². The summed E-state index contributed by atoms with van der Waals surface area (Å²) in [5, 5.41) is 2.83. The molecule has 2 aromatic carbocycles. The van der Waals surface area contributed by atoms with Crippen molar-refractivity contribution in [2.24, 2.45) is 5.92 Å². The van der Waals surface area contributed by atoms with E-state index in [0.29, 0.717) is 16.6 Å². The summed E-state index contributed by atoms with van der Waals surface area (Å²) in [4.78, 5) is 45.7. The highest BCUT2D eigenvalue weighted by Gasteiger charge is 2.45. The van der Waals surface area contributed by atoms with Crippen LogP contribution >= 0.6 is 0 Å². The van der Waals surface area contributed by atoms with Crippen LogP contribution in [0.5, 0.6) is 0 Å². The highest BCUT2D eigenvalue weighted by atomic mass is 19.4. The van der Waals surface area contributed by atoms with Crippen molar-refractivity contribution < 1.29 is 41.4 Å². The van der Waals surface area contributed by atoms with Crippen molar-refractivity contribution in [2.45, 2.75) is 63.5 Å². The Morgan fingerprint density at radius 1 is 1.12 bits per heavy atom. The number of aromatic nitrogens is 2. The zero-order valence-corrected chi connectivity index (χ0v) is 21.7. The summed E-state index contributed by atoms with van der Waals surface area (Å²) < 4.78 is 61.9. The predicted molar refractivity (Wildman–Crippen MR) is 134 cm³/mol. The van der Waals surface area contributed by atoms with E-state index in [-0.39, 0.29) is 31.4 Å². The second-order valence-electron chi connectivity index (χ2n) is 10.3. The maximum atomic E-state index is 13.9. The van der Waals surface area contributed by atoms with Crippen molar-refractivity contribution in [3.05, 3.63) is 71.8 Å². The number of hydrogen-bond donors (Lipinski definition) is 1. The molecule has 212 valence electrons. The zero-order chi connectivity index (χ0) is 29.1. The molecule has 1 amide bonds. The summed E-state index contributed by atoms with van der Waals surface area (Å²) in [5.74, 6) is -4.65. The van der Waals surface area contributed by atoms with Crippen LogP contribution in [0.15, 0.2) is 54.7 Å². The molecule has 40 heavy (non-hydrogen) atoms. The minimum Gasteiger partial charge on any atom is -0.460 e. The summed E-state index contributed by atoms with van der Waals surface area (Å²) in [5.41, 5.74) is 0.228. The first-order valence-electron chi connectivity index (χ1n) is 12.6. The molecule has 0 saturated carbocycles. The van der Waals surface area contributed by atoms with E-state index >= 15 is 0 Å². The molecule has 3 aromatic rings. The quantitative estimate of drug-likeness (QED) is 0.298. The fourth-order valence-electron chi connectivity index (χ4n) is 4.54. The van der Waals surface area contributed by atoms with E-state index < -0.39 is 53.5 Å². The normalized spacial score (nSPS) is 18.3. The Bertz CT molecular complexity index is 1410. The number of amides is 1. The van der Waals surface area contributed by atoms with Gasteiger partial charge in [0.25, 0.3) is 5.91 Å². The van der Waals surface area contributed by atoms with Crippen molar-refractivity contribution >= 4 is 28.9 Å². The minimum absolute atomic E-state index is 0.0328. The molecular weight excluding hydrogens is 534 g/mol. The molecule has 1 aromatic heterocycles. The summed E-state index contributed by atoms with van der Waals surface area (Å²) in [7, 11) is 0. The second kappa shape index (κ2) is 11.6. The van der Waals surface area contributed by atoms with Gasteiger partial charge in [0.15, 0.2) is 0 Å². The van der Waals surface area contributed by atoms with Crippen molar-refractivity contribution in [3.63, 3.8) is 0 Å². The van der Waals surface area contributed by atoms with E-state index in [1.807, 2.05) is 0 Å². The average Bonchev–Trinajstić information content (AvgIpc) is 3.26. The number of hydrogen-bond acceptors (Lipinski definition) is 7. The van der Waals surface area contributed by atoms with Crippen LogP contribution in [-0.2, 0) is 25.5 Å². The highest BCUT2D eigenvalue weighted by Crippen LogP contribution is 2.32. The molecule has 8 nitrogen and oxygen atoms in total. The number of rotatable bonds is 9. The Kier molecular flexibility index (Phi) is 8.36. The number of fused-ring (bicyclic) bond motifs is 1. The van der Waals surface area contributed by atoms with Gasteiger partial charge in [-0.25, -0.2) is 14.2 Å². The molecule has 2 heterocycles. The number of benzene rings is 2. The van der Waals surface area contributed by atoms with Gasteiger partial charge < -0.3 is 14.8 Å². The minimum atomic E-state index is -5.13. The zero-order valence-electron chi connectivity index (χ0n) is 21.7. The van der Waals surface area contributed by atoms with Gasteiger partial charge in [-0.15, -0.1) is 0 Å². The number of nitrogens with zero attached hydrogens (tertiary/aromatic N) is 2. The SMILES string of the molecule is CC(C)(CCC1C[C@@H]([C@H](Cc2cccc(F)c2)NC(=O)c2cnc3ccccc3n2)OC1=O)OC(=O)C(F)(F)F. The average molecular weight is 562 g/mol. The highest BCUT2D eigenvalue weighted by molar-refractivity contribution is 5.94. The van der Waals surface area contributed by atoms with Crippen molar-refractivity contribution in [3.8, 4) is 0 Å². The molecule has 3 atom stereocenters. The Labute approximate surface area is 227 Å². The molecule has 1 aliphatic heterocycles. The van der Waals surface area contributed by atoms with Crippen molar-refractivity contribution in [2.75, 3.05) is 0 Å². The maximum Gasteiger partial charge on any atom is 0.490 e. The lowest BCUT2D eigenvalue weighted by molar-refractivity contribution is -0.212. The lowest BCUT2D eigenvalue weighted by atomic mass is 9.90. The number of esters is 2. The molecule has 0 bridgehead atoms. The number of alkyl halides is 3. The van der Waals surface area contributed by atoms with Crippen LogP contribution in [0.4, 0.5) is 17.6 Å². The van der Waals surface area contributed by atoms with Crippen molar-refractivity contribution in [1.82, 2.24) is 15.3 Å². The summed E-state index contributed by atoms with van der Waals surface area (Å²) in [6, 6.07) is 12.0. The Hall–Kier alpha value is -4.09. The van der Waals surface area contributed by atoms with Crippen LogP contribution in [0.25, 0.3) is 11.0 Å². The molecule has 1 fully saturated rings. The molecule has 0 aliphatic carbocycles. The monoisotopic (exact) mass is 561 g/mol. The fraction of sp³-hybridized carbons (Fsp3) is 0.393. The van der Waals surface area contributed by atoms with E-state index in [9.17, 15) is 31.9 Å². The van der Waals surface area contributed by atoms with Crippen LogP contribution in [0.3, 0.4) is 0 Å².